The lowest BCUT2D eigenvalue weighted by atomic mass is 10.1. The second-order valence-corrected chi connectivity index (χ2v) is 6.89. The summed E-state index contributed by atoms with van der Waals surface area (Å²) in [6.07, 6.45) is 1.45. The molecule has 0 radical (unpaired) electrons. The number of aromatic nitrogens is 3. The zero-order valence-corrected chi connectivity index (χ0v) is 14.9. The number of anilines is 1. The summed E-state index contributed by atoms with van der Waals surface area (Å²) in [6.45, 7) is -1.24. The van der Waals surface area contributed by atoms with Gasteiger partial charge in [-0.05, 0) is 36.8 Å². The fourth-order valence-electron chi connectivity index (χ4n) is 2.35. The minimum Gasteiger partial charge on any atom is -0.311 e. The minimum absolute atomic E-state index is 0.258. The fraction of sp³-hybridized carbons (Fsp3) is 0.188. The Hall–Kier alpha value is -2.39. The predicted molar refractivity (Wildman–Crippen MR) is 92.5 cm³/mol. The highest BCUT2D eigenvalue weighted by molar-refractivity contribution is 7.16. The molecule has 136 valence electrons. The van der Waals surface area contributed by atoms with Crippen molar-refractivity contribution in [2.75, 3.05) is 5.32 Å². The first-order chi connectivity index (χ1) is 12.3. The summed E-state index contributed by atoms with van der Waals surface area (Å²) in [5, 5.41) is 7.32. The van der Waals surface area contributed by atoms with Gasteiger partial charge < -0.3 is 5.32 Å². The summed E-state index contributed by atoms with van der Waals surface area (Å²) in [5.41, 5.74) is 0.910. The quantitative estimate of drug-likeness (QED) is 0.676. The van der Waals surface area contributed by atoms with E-state index in [1.165, 1.54) is 29.5 Å². The van der Waals surface area contributed by atoms with E-state index in [9.17, 15) is 18.0 Å². The van der Waals surface area contributed by atoms with Crippen LogP contribution in [-0.4, -0.2) is 20.7 Å². The van der Waals surface area contributed by atoms with E-state index in [1.54, 1.807) is 13.0 Å². The molecule has 0 unspecified atom stereocenters. The monoisotopic (exact) mass is 400 g/mol. The fourth-order valence-corrected chi connectivity index (χ4v) is 3.59. The molecule has 3 aromatic rings. The molecule has 0 saturated carbocycles. The summed E-state index contributed by atoms with van der Waals surface area (Å²) in [5.74, 6) is -1.16. The van der Waals surface area contributed by atoms with Crippen molar-refractivity contribution in [3.05, 3.63) is 63.3 Å². The van der Waals surface area contributed by atoms with Gasteiger partial charge in [0.15, 0.2) is 0 Å². The van der Waals surface area contributed by atoms with E-state index in [0.29, 0.717) is 32.4 Å². The second kappa shape index (κ2) is 7.46. The Bertz CT molecular complexity index is 937. The van der Waals surface area contributed by atoms with Gasteiger partial charge in [-0.2, -0.15) is 18.6 Å². The molecule has 0 aliphatic rings. The van der Waals surface area contributed by atoms with E-state index in [1.807, 2.05) is 0 Å². The molecule has 1 aromatic carbocycles. The van der Waals surface area contributed by atoms with E-state index in [2.05, 4.69) is 15.4 Å². The Morgan fingerprint density at radius 3 is 2.85 bits per heavy atom. The van der Waals surface area contributed by atoms with E-state index in [4.69, 9.17) is 11.6 Å². The first-order valence-corrected chi connectivity index (χ1v) is 8.57. The first-order valence-electron chi connectivity index (χ1n) is 7.38. The Labute approximate surface area is 155 Å². The van der Waals surface area contributed by atoms with Crippen LogP contribution in [0.15, 0.2) is 30.5 Å². The van der Waals surface area contributed by atoms with Crippen molar-refractivity contribution < 1.29 is 18.0 Å². The van der Waals surface area contributed by atoms with Crippen LogP contribution in [0.1, 0.15) is 33.3 Å². The highest BCUT2D eigenvalue weighted by atomic mass is 35.5. The Morgan fingerprint density at radius 2 is 2.15 bits per heavy atom. The van der Waals surface area contributed by atoms with Crippen LogP contribution < -0.4 is 5.32 Å². The lowest BCUT2D eigenvalue weighted by Gasteiger charge is -2.06. The van der Waals surface area contributed by atoms with Gasteiger partial charge >= 0.3 is 6.55 Å². The summed E-state index contributed by atoms with van der Waals surface area (Å²) >= 11 is 7.02. The number of thiazole rings is 1. The number of hydrogen-bond acceptors (Lipinski definition) is 4. The first kappa shape index (κ1) is 18.4. The Morgan fingerprint density at radius 1 is 1.38 bits per heavy atom. The summed E-state index contributed by atoms with van der Waals surface area (Å²) < 4.78 is 39.4. The lowest BCUT2D eigenvalue weighted by molar-refractivity contribution is 0.0520. The van der Waals surface area contributed by atoms with E-state index in [0.717, 1.165) is 6.20 Å². The maximum Gasteiger partial charge on any atom is 0.333 e. The molecule has 1 N–H and O–H groups in total. The van der Waals surface area contributed by atoms with Crippen molar-refractivity contribution in [3.63, 3.8) is 0 Å². The normalized spacial score (nSPS) is 11.2. The number of hydrogen-bond donors (Lipinski definition) is 1. The maximum atomic E-state index is 13.4. The SMILES string of the molecule is Cc1nc(Cc2cc(F)cc(Cl)c2)sc1NC(=O)c1ccnn1C(F)F. The minimum atomic E-state index is -2.92. The third-order valence-electron chi connectivity index (χ3n) is 3.43. The van der Waals surface area contributed by atoms with Gasteiger partial charge in [-0.15, -0.1) is 11.3 Å². The van der Waals surface area contributed by atoms with Gasteiger partial charge in [-0.25, -0.2) is 9.37 Å². The van der Waals surface area contributed by atoms with Gasteiger partial charge in [0.1, 0.15) is 16.5 Å². The molecule has 0 atom stereocenters. The van der Waals surface area contributed by atoms with E-state index >= 15 is 0 Å². The van der Waals surface area contributed by atoms with Crippen molar-refractivity contribution in [3.8, 4) is 0 Å². The summed E-state index contributed by atoms with van der Waals surface area (Å²) in [4.78, 5) is 16.5. The number of nitrogens with one attached hydrogen (secondary N) is 1. The smallest absolute Gasteiger partial charge is 0.311 e. The van der Waals surface area contributed by atoms with Crippen molar-refractivity contribution in [2.45, 2.75) is 19.9 Å². The summed E-state index contributed by atoms with van der Waals surface area (Å²) in [6, 6.07) is 5.38. The highest BCUT2D eigenvalue weighted by Gasteiger charge is 2.20. The van der Waals surface area contributed by atoms with Gasteiger partial charge in [0.25, 0.3) is 5.91 Å². The summed E-state index contributed by atoms with van der Waals surface area (Å²) in [7, 11) is 0. The highest BCUT2D eigenvalue weighted by Crippen LogP contribution is 2.27. The molecule has 0 spiro atoms. The molecular weight excluding hydrogens is 389 g/mol. The average Bonchev–Trinajstić information content (AvgIpc) is 3.14. The van der Waals surface area contributed by atoms with E-state index in [-0.39, 0.29) is 10.7 Å². The molecule has 26 heavy (non-hydrogen) atoms. The molecule has 0 aliphatic carbocycles. The maximum absolute atomic E-state index is 13.4. The van der Waals surface area contributed by atoms with Crippen LogP contribution in [0, 0.1) is 12.7 Å². The molecule has 2 heterocycles. The number of benzene rings is 1. The molecule has 0 bridgehead atoms. The molecule has 3 rings (SSSR count). The average molecular weight is 401 g/mol. The van der Waals surface area contributed by atoms with Crippen LogP contribution in [-0.2, 0) is 6.42 Å². The number of halogens is 4. The van der Waals surface area contributed by atoms with Gasteiger partial charge in [0, 0.05) is 17.6 Å². The van der Waals surface area contributed by atoms with Crippen molar-refractivity contribution >= 4 is 33.8 Å². The van der Waals surface area contributed by atoms with Gasteiger partial charge in [-0.1, -0.05) is 11.6 Å². The molecule has 0 aliphatic heterocycles. The van der Waals surface area contributed by atoms with Crippen LogP contribution in [0.5, 0.6) is 0 Å². The molecule has 10 heteroatoms. The standard InChI is InChI=1S/C16H12ClF3N4OS/c1-8-15(23-14(25)12-2-3-21-24(12)16(19)20)26-13(22-8)6-9-4-10(17)7-11(18)5-9/h2-5,7,16H,6H2,1H3,(H,23,25). The zero-order valence-electron chi connectivity index (χ0n) is 13.3. The number of amides is 1. The van der Waals surface area contributed by atoms with Crippen LogP contribution in [0.2, 0.25) is 5.02 Å². The van der Waals surface area contributed by atoms with Gasteiger partial charge in [-0.3, -0.25) is 4.79 Å². The third-order valence-corrected chi connectivity index (χ3v) is 4.72. The topological polar surface area (TPSA) is 59.8 Å². The second-order valence-electron chi connectivity index (χ2n) is 5.37. The van der Waals surface area contributed by atoms with Crippen molar-refractivity contribution in [2.24, 2.45) is 0 Å². The molecular formula is C16H12ClF3N4OS. The molecule has 0 fully saturated rings. The van der Waals surface area contributed by atoms with Crippen LogP contribution >= 0.6 is 22.9 Å². The van der Waals surface area contributed by atoms with Crippen LogP contribution in [0.25, 0.3) is 0 Å². The number of rotatable bonds is 5. The molecule has 2 aromatic heterocycles. The zero-order chi connectivity index (χ0) is 18.8. The number of alkyl halides is 2. The Kier molecular flexibility index (Phi) is 5.28. The number of nitrogens with zero attached hydrogens (tertiary/aromatic N) is 3. The Balaban J connectivity index is 1.78. The van der Waals surface area contributed by atoms with Crippen molar-refractivity contribution in [1.29, 1.82) is 0 Å². The predicted octanol–water partition coefficient (Wildman–Crippen LogP) is 4.68. The molecule has 1 amide bonds. The van der Waals surface area contributed by atoms with Crippen molar-refractivity contribution in [1.82, 2.24) is 14.8 Å². The van der Waals surface area contributed by atoms with Crippen LogP contribution in [0.4, 0.5) is 18.2 Å². The molecule has 0 saturated heterocycles. The number of carbonyl (C=O) groups is 1. The largest absolute Gasteiger partial charge is 0.333 e. The third kappa shape index (κ3) is 4.05. The van der Waals surface area contributed by atoms with E-state index < -0.39 is 18.3 Å². The van der Waals surface area contributed by atoms with Crippen LogP contribution in [0.3, 0.4) is 0 Å². The molecule has 5 nitrogen and oxygen atoms in total. The lowest BCUT2D eigenvalue weighted by Crippen LogP contribution is -2.18. The van der Waals surface area contributed by atoms with Gasteiger partial charge in [0.2, 0.25) is 0 Å². The van der Waals surface area contributed by atoms with Gasteiger partial charge in [0.05, 0.1) is 10.7 Å². The number of aryl methyl sites for hydroxylation is 1. The number of carbonyl (C=O) groups excluding carboxylic acids is 1.